The van der Waals surface area contributed by atoms with E-state index in [1.807, 2.05) is 6.07 Å². The Morgan fingerprint density at radius 2 is 1.07 bits per heavy atom. The van der Waals surface area contributed by atoms with Crippen molar-refractivity contribution in [2.75, 3.05) is 0 Å². The third kappa shape index (κ3) is 1.68. The number of fused-ring (bicyclic) bond motifs is 10. The van der Waals surface area contributed by atoms with Crippen molar-refractivity contribution >= 4 is 0 Å². The smallest absolute Gasteiger partial charge is 0.115 e. The Hall–Kier alpha value is -3.32. The maximum atomic E-state index is 10.4. The first-order valence-corrected chi connectivity index (χ1v) is 9.77. The fraction of sp³-hybridized carbons (Fsp3) is 0.111. The van der Waals surface area contributed by atoms with E-state index in [9.17, 15) is 5.11 Å². The van der Waals surface area contributed by atoms with E-state index in [1.165, 1.54) is 55.6 Å². The van der Waals surface area contributed by atoms with E-state index in [1.54, 1.807) is 6.07 Å². The fourth-order valence-corrected chi connectivity index (χ4v) is 5.39. The van der Waals surface area contributed by atoms with Crippen molar-refractivity contribution in [2.45, 2.75) is 19.3 Å². The molecule has 0 aliphatic heterocycles. The van der Waals surface area contributed by atoms with Crippen LogP contribution < -0.4 is 0 Å². The molecule has 1 atom stereocenters. The Morgan fingerprint density at radius 1 is 0.536 bits per heavy atom. The van der Waals surface area contributed by atoms with Crippen LogP contribution in [-0.2, 0) is 5.41 Å². The topological polar surface area (TPSA) is 20.2 Å². The summed E-state index contributed by atoms with van der Waals surface area (Å²) in [5.41, 5.74) is 12.5. The van der Waals surface area contributed by atoms with Crippen LogP contribution in [0, 0.1) is 13.8 Å². The molecule has 1 heteroatoms. The second kappa shape index (κ2) is 5.14. The average Bonchev–Trinajstić information content (AvgIpc) is 3.15. The Balaban J connectivity index is 1.87. The lowest BCUT2D eigenvalue weighted by Crippen LogP contribution is -2.26. The highest BCUT2D eigenvalue weighted by Crippen LogP contribution is 2.63. The van der Waals surface area contributed by atoms with E-state index in [2.05, 4.69) is 80.6 Å². The van der Waals surface area contributed by atoms with Crippen LogP contribution in [0.1, 0.15) is 33.4 Å². The number of phenolic OH excluding ortho intramolecular Hbond substituents is 1. The van der Waals surface area contributed by atoms with E-state index >= 15 is 0 Å². The van der Waals surface area contributed by atoms with Gasteiger partial charge in [-0.2, -0.15) is 0 Å². The minimum Gasteiger partial charge on any atom is -0.508 e. The lowest BCUT2D eigenvalue weighted by Gasteiger charge is -2.30. The van der Waals surface area contributed by atoms with Crippen LogP contribution in [0.4, 0.5) is 0 Å². The zero-order chi connectivity index (χ0) is 19.0. The molecular formula is C27H20O. The molecule has 0 bridgehead atoms. The maximum Gasteiger partial charge on any atom is 0.115 e. The molecule has 2 aliphatic rings. The molecule has 0 radical (unpaired) electrons. The molecule has 4 aromatic carbocycles. The molecule has 1 nitrogen and oxygen atoms in total. The van der Waals surface area contributed by atoms with Crippen molar-refractivity contribution in [2.24, 2.45) is 0 Å². The van der Waals surface area contributed by atoms with Gasteiger partial charge in [0.05, 0.1) is 5.41 Å². The van der Waals surface area contributed by atoms with Gasteiger partial charge in [0.15, 0.2) is 0 Å². The number of rotatable bonds is 0. The quantitative estimate of drug-likeness (QED) is 0.334. The number of hydrogen-bond donors (Lipinski definition) is 1. The van der Waals surface area contributed by atoms with E-state index in [0.29, 0.717) is 5.75 Å². The first kappa shape index (κ1) is 15.7. The van der Waals surface area contributed by atoms with Crippen molar-refractivity contribution in [1.29, 1.82) is 0 Å². The van der Waals surface area contributed by atoms with Gasteiger partial charge < -0.3 is 5.11 Å². The highest BCUT2D eigenvalue weighted by Gasteiger charge is 2.51. The molecule has 4 aromatic rings. The van der Waals surface area contributed by atoms with Crippen molar-refractivity contribution < 1.29 is 5.11 Å². The second-order valence-corrected chi connectivity index (χ2v) is 8.05. The zero-order valence-corrected chi connectivity index (χ0v) is 16.0. The molecule has 0 heterocycles. The van der Waals surface area contributed by atoms with Crippen LogP contribution in [0.15, 0.2) is 78.9 Å². The van der Waals surface area contributed by atoms with E-state index in [-0.39, 0.29) is 5.41 Å². The Labute approximate surface area is 164 Å². The standard InChI is InChI=1S/C27H20O/c1-16-13-22-20-8-4-6-10-24(20)27(25(22)14-17(16)2)23-9-5-3-7-19(23)21-12-11-18(28)15-26(21)27/h3-15,28H,1-2H3. The van der Waals surface area contributed by atoms with Gasteiger partial charge in [0.1, 0.15) is 5.75 Å². The van der Waals surface area contributed by atoms with Crippen LogP contribution in [-0.4, -0.2) is 5.11 Å². The zero-order valence-electron chi connectivity index (χ0n) is 16.0. The maximum absolute atomic E-state index is 10.4. The summed E-state index contributed by atoms with van der Waals surface area (Å²) in [7, 11) is 0. The number of phenols is 1. The van der Waals surface area contributed by atoms with Gasteiger partial charge in [0.2, 0.25) is 0 Å². The SMILES string of the molecule is Cc1cc2c(cc1C)C1(c3ccccc3-c3ccc(O)cc31)c1ccccc1-2. The van der Waals surface area contributed by atoms with Crippen molar-refractivity contribution in [3.63, 3.8) is 0 Å². The van der Waals surface area contributed by atoms with Crippen LogP contribution >= 0.6 is 0 Å². The molecule has 0 fully saturated rings. The fourth-order valence-electron chi connectivity index (χ4n) is 5.39. The first-order valence-electron chi connectivity index (χ1n) is 9.77. The summed E-state index contributed by atoms with van der Waals surface area (Å²) in [6.07, 6.45) is 0. The molecule has 0 saturated carbocycles. The molecule has 1 spiro atoms. The van der Waals surface area contributed by atoms with Gasteiger partial charge in [0.25, 0.3) is 0 Å². The van der Waals surface area contributed by atoms with Gasteiger partial charge >= 0.3 is 0 Å². The predicted molar refractivity (Wildman–Crippen MR) is 114 cm³/mol. The lowest BCUT2D eigenvalue weighted by molar-refractivity contribution is 0.474. The summed E-state index contributed by atoms with van der Waals surface area (Å²) >= 11 is 0. The molecule has 0 aromatic heterocycles. The number of benzene rings is 4. The van der Waals surface area contributed by atoms with Crippen LogP contribution in [0.2, 0.25) is 0 Å². The van der Waals surface area contributed by atoms with E-state index in [0.717, 1.165) is 0 Å². The lowest BCUT2D eigenvalue weighted by atomic mass is 9.70. The monoisotopic (exact) mass is 360 g/mol. The van der Waals surface area contributed by atoms with Gasteiger partial charge in [-0.15, -0.1) is 0 Å². The summed E-state index contributed by atoms with van der Waals surface area (Å²) in [6, 6.07) is 28.0. The van der Waals surface area contributed by atoms with Gasteiger partial charge in [-0.25, -0.2) is 0 Å². The highest BCUT2D eigenvalue weighted by molar-refractivity contribution is 5.95. The van der Waals surface area contributed by atoms with Crippen LogP contribution in [0.5, 0.6) is 5.75 Å². The third-order valence-electron chi connectivity index (χ3n) is 6.69. The van der Waals surface area contributed by atoms with Gasteiger partial charge in [-0.3, -0.25) is 0 Å². The summed E-state index contributed by atoms with van der Waals surface area (Å²) in [5.74, 6) is 0.320. The van der Waals surface area contributed by atoms with Crippen LogP contribution in [0.3, 0.4) is 0 Å². The summed E-state index contributed by atoms with van der Waals surface area (Å²) in [5, 5.41) is 10.4. The summed E-state index contributed by atoms with van der Waals surface area (Å²) in [6.45, 7) is 4.38. The van der Waals surface area contributed by atoms with E-state index in [4.69, 9.17) is 0 Å². The third-order valence-corrected chi connectivity index (χ3v) is 6.69. The number of aromatic hydroxyl groups is 1. The minimum atomic E-state index is -0.366. The predicted octanol–water partition coefficient (Wildman–Crippen LogP) is 6.35. The average molecular weight is 360 g/mol. The normalized spacial score (nSPS) is 17.9. The molecule has 134 valence electrons. The molecule has 0 amide bonds. The minimum absolute atomic E-state index is 0.320. The second-order valence-electron chi connectivity index (χ2n) is 8.05. The summed E-state index contributed by atoms with van der Waals surface area (Å²) < 4.78 is 0. The number of hydrogen-bond acceptors (Lipinski definition) is 1. The van der Waals surface area contributed by atoms with Gasteiger partial charge in [-0.05, 0) is 81.6 Å². The molecule has 6 rings (SSSR count). The van der Waals surface area contributed by atoms with Crippen molar-refractivity contribution in [1.82, 2.24) is 0 Å². The Morgan fingerprint density at radius 3 is 1.79 bits per heavy atom. The first-order chi connectivity index (χ1) is 13.6. The largest absolute Gasteiger partial charge is 0.508 e. The molecule has 2 aliphatic carbocycles. The molecule has 0 saturated heterocycles. The Bertz CT molecular complexity index is 1300. The van der Waals surface area contributed by atoms with E-state index < -0.39 is 0 Å². The highest BCUT2D eigenvalue weighted by atomic mass is 16.3. The number of aryl methyl sites for hydroxylation is 2. The molecule has 28 heavy (non-hydrogen) atoms. The Kier molecular flexibility index (Phi) is 2.88. The van der Waals surface area contributed by atoms with Crippen LogP contribution in [0.25, 0.3) is 22.3 Å². The van der Waals surface area contributed by atoms with Crippen molar-refractivity contribution in [3.05, 3.63) is 112 Å². The molecular weight excluding hydrogens is 340 g/mol. The van der Waals surface area contributed by atoms with Gasteiger partial charge in [0, 0.05) is 0 Å². The summed E-state index contributed by atoms with van der Waals surface area (Å²) in [4.78, 5) is 0. The molecule has 1 unspecified atom stereocenters. The molecule has 1 N–H and O–H groups in total. The van der Waals surface area contributed by atoms with Crippen molar-refractivity contribution in [3.8, 4) is 28.0 Å². The van der Waals surface area contributed by atoms with Gasteiger partial charge in [-0.1, -0.05) is 66.7 Å².